The van der Waals surface area contributed by atoms with Crippen molar-refractivity contribution in [3.05, 3.63) is 6.33 Å². The molecule has 0 amide bonds. The largest absolute Gasteiger partial charge is 0.476 e. The van der Waals surface area contributed by atoms with Gasteiger partial charge in [-0.15, -0.1) is 0 Å². The highest BCUT2D eigenvalue weighted by Crippen LogP contribution is 2.57. The first-order chi connectivity index (χ1) is 16.6. The Balaban J connectivity index is 1.54. The highest BCUT2D eigenvalue weighted by molar-refractivity contribution is 7.51. The van der Waals surface area contributed by atoms with E-state index >= 15 is 4.39 Å². The van der Waals surface area contributed by atoms with Crippen LogP contribution in [0.1, 0.15) is 47.3 Å². The van der Waals surface area contributed by atoms with Gasteiger partial charge in [-0.05, 0) is 26.2 Å². The van der Waals surface area contributed by atoms with E-state index in [0.717, 1.165) is 0 Å². The van der Waals surface area contributed by atoms with E-state index in [2.05, 4.69) is 20.0 Å². The number of nitrogen functional groups attached to an aromatic ring is 1. The van der Waals surface area contributed by atoms with Crippen molar-refractivity contribution in [1.29, 1.82) is 0 Å². The molecule has 2 aromatic rings. The van der Waals surface area contributed by atoms with Gasteiger partial charge in [-0.2, -0.15) is 9.97 Å². The fourth-order valence-corrected chi connectivity index (χ4v) is 6.04. The SMILES string of the molecule is CCOc1nc(N)nc2c1ncn2C1OC2COP(=O)(NC(CC)COCC(C)C)OC2C1(C)F. The van der Waals surface area contributed by atoms with Gasteiger partial charge in [0.2, 0.25) is 11.8 Å². The summed E-state index contributed by atoms with van der Waals surface area (Å²) in [4.78, 5) is 12.6. The Morgan fingerprint density at radius 3 is 2.83 bits per heavy atom. The predicted molar refractivity (Wildman–Crippen MR) is 126 cm³/mol. The van der Waals surface area contributed by atoms with E-state index in [4.69, 9.17) is 29.0 Å². The second kappa shape index (κ2) is 10.2. The Morgan fingerprint density at radius 1 is 1.37 bits per heavy atom. The lowest BCUT2D eigenvalue weighted by Crippen LogP contribution is -2.47. The number of nitrogens with two attached hydrogens (primary N) is 1. The zero-order chi connectivity index (χ0) is 25.4. The van der Waals surface area contributed by atoms with Crippen molar-refractivity contribution in [3.63, 3.8) is 0 Å². The predicted octanol–water partition coefficient (Wildman–Crippen LogP) is 3.00. The lowest BCUT2D eigenvalue weighted by atomic mass is 9.98. The van der Waals surface area contributed by atoms with E-state index in [1.165, 1.54) is 17.8 Å². The quantitative estimate of drug-likeness (QED) is 0.450. The number of ether oxygens (including phenoxy) is 3. The Labute approximate surface area is 203 Å². The van der Waals surface area contributed by atoms with Crippen LogP contribution in [0.15, 0.2) is 6.33 Å². The number of nitrogens with one attached hydrogen (secondary N) is 1. The second-order valence-electron chi connectivity index (χ2n) is 9.31. The average Bonchev–Trinajstić information content (AvgIpc) is 3.31. The number of rotatable bonds is 10. The Kier molecular flexibility index (Phi) is 7.65. The maximum Gasteiger partial charge on any atom is 0.406 e. The lowest BCUT2D eigenvalue weighted by Gasteiger charge is -2.35. The molecule has 14 heteroatoms. The molecule has 6 unspecified atom stereocenters. The van der Waals surface area contributed by atoms with Crippen LogP contribution >= 0.6 is 7.75 Å². The summed E-state index contributed by atoms with van der Waals surface area (Å²) in [6.45, 7) is 10.3. The molecule has 0 bridgehead atoms. The summed E-state index contributed by atoms with van der Waals surface area (Å²) < 4.78 is 59.5. The molecule has 4 rings (SSSR count). The number of aromatic nitrogens is 4. The summed E-state index contributed by atoms with van der Waals surface area (Å²) >= 11 is 0. The van der Waals surface area contributed by atoms with Gasteiger partial charge in [-0.3, -0.25) is 13.6 Å². The zero-order valence-corrected chi connectivity index (χ0v) is 21.5. The van der Waals surface area contributed by atoms with Crippen LogP contribution in [0.3, 0.4) is 0 Å². The van der Waals surface area contributed by atoms with Gasteiger partial charge in [0, 0.05) is 12.6 Å². The maximum atomic E-state index is 16.3. The molecule has 2 saturated heterocycles. The first-order valence-electron chi connectivity index (χ1n) is 11.8. The molecule has 0 aliphatic carbocycles. The number of nitrogens with zero attached hydrogens (tertiary/aromatic N) is 4. The number of fused-ring (bicyclic) bond motifs is 2. The maximum absolute atomic E-state index is 16.3. The number of alkyl halides is 1. The van der Waals surface area contributed by atoms with Gasteiger partial charge in [0.1, 0.15) is 12.2 Å². The van der Waals surface area contributed by atoms with Crippen molar-refractivity contribution in [2.75, 3.05) is 32.2 Å². The summed E-state index contributed by atoms with van der Waals surface area (Å²) in [5, 5.41) is 2.91. The van der Waals surface area contributed by atoms with Crippen molar-refractivity contribution in [2.24, 2.45) is 5.92 Å². The minimum atomic E-state index is -3.82. The van der Waals surface area contributed by atoms with Gasteiger partial charge in [0.05, 0.1) is 26.1 Å². The van der Waals surface area contributed by atoms with Gasteiger partial charge in [0.25, 0.3) is 0 Å². The van der Waals surface area contributed by atoms with Crippen molar-refractivity contribution in [1.82, 2.24) is 24.6 Å². The van der Waals surface area contributed by atoms with Crippen LogP contribution < -0.4 is 15.6 Å². The number of hydrogen-bond acceptors (Lipinski definition) is 10. The molecular formula is C21H34FN6O6P. The van der Waals surface area contributed by atoms with Crippen LogP contribution in [0.25, 0.3) is 11.2 Å². The zero-order valence-electron chi connectivity index (χ0n) is 20.6. The molecule has 2 aliphatic rings. The number of imidazole rings is 1. The molecule has 12 nitrogen and oxygen atoms in total. The topological polar surface area (TPSA) is 145 Å². The summed E-state index contributed by atoms with van der Waals surface area (Å²) in [5.41, 5.74) is 4.32. The standard InChI is InChI=1S/C21H34FN6O6P/c1-6-13(9-30-8-12(3)4)27-35(29)32-10-14-16(34-35)21(5,22)19(33-14)28-11-24-15-17(28)25-20(23)26-18(15)31-7-2/h11-14,16,19H,6-10H2,1-5H3,(H,27,29)(H2,23,25,26). The van der Waals surface area contributed by atoms with Crippen molar-refractivity contribution in [3.8, 4) is 5.88 Å². The van der Waals surface area contributed by atoms with Gasteiger partial charge in [-0.1, -0.05) is 20.8 Å². The van der Waals surface area contributed by atoms with Crippen LogP contribution in [0, 0.1) is 5.92 Å². The molecular weight excluding hydrogens is 482 g/mol. The third-order valence-electron chi connectivity index (χ3n) is 5.89. The van der Waals surface area contributed by atoms with Gasteiger partial charge >= 0.3 is 7.75 Å². The third-order valence-corrected chi connectivity index (χ3v) is 7.56. The highest BCUT2D eigenvalue weighted by atomic mass is 31.2. The molecule has 0 spiro atoms. The Bertz CT molecular complexity index is 1080. The van der Waals surface area contributed by atoms with Crippen LogP contribution in [-0.4, -0.2) is 69.9 Å². The van der Waals surface area contributed by atoms with Crippen molar-refractivity contribution < 1.29 is 32.2 Å². The molecule has 2 fully saturated rings. The minimum Gasteiger partial charge on any atom is -0.476 e. The van der Waals surface area contributed by atoms with E-state index in [0.29, 0.717) is 37.7 Å². The van der Waals surface area contributed by atoms with E-state index in [1.54, 1.807) is 6.92 Å². The van der Waals surface area contributed by atoms with Gasteiger partial charge in [0.15, 0.2) is 23.1 Å². The summed E-state index contributed by atoms with van der Waals surface area (Å²) in [7, 11) is -3.82. The lowest BCUT2D eigenvalue weighted by molar-refractivity contribution is -0.0613. The van der Waals surface area contributed by atoms with Crippen molar-refractivity contribution >= 4 is 24.9 Å². The molecule has 0 saturated carbocycles. The van der Waals surface area contributed by atoms with E-state index in [9.17, 15) is 4.57 Å². The highest BCUT2D eigenvalue weighted by Gasteiger charge is 2.61. The van der Waals surface area contributed by atoms with E-state index < -0.39 is 31.9 Å². The van der Waals surface area contributed by atoms with Gasteiger partial charge < -0.3 is 19.9 Å². The molecule has 2 aliphatic heterocycles. The molecule has 6 atom stereocenters. The number of halogens is 1. The molecule has 2 aromatic heterocycles. The van der Waals surface area contributed by atoms with E-state index in [1.807, 2.05) is 20.8 Å². The normalized spacial score (nSPS) is 31.7. The second-order valence-corrected chi connectivity index (χ2v) is 11.0. The molecule has 0 radical (unpaired) electrons. The smallest absolute Gasteiger partial charge is 0.406 e. The Hall–Kier alpha value is -1.89. The first kappa shape index (κ1) is 26.2. The van der Waals surface area contributed by atoms with Crippen LogP contribution in [-0.2, 0) is 23.1 Å². The molecule has 196 valence electrons. The molecule has 3 N–H and O–H groups in total. The molecule has 35 heavy (non-hydrogen) atoms. The monoisotopic (exact) mass is 516 g/mol. The van der Waals surface area contributed by atoms with E-state index in [-0.39, 0.29) is 30.1 Å². The summed E-state index contributed by atoms with van der Waals surface area (Å²) in [6.07, 6.45) is -1.12. The summed E-state index contributed by atoms with van der Waals surface area (Å²) in [5.74, 6) is 0.524. The molecule has 0 aromatic carbocycles. The van der Waals surface area contributed by atoms with Crippen molar-refractivity contribution in [2.45, 2.75) is 71.2 Å². The van der Waals surface area contributed by atoms with Crippen LogP contribution in [0.5, 0.6) is 5.88 Å². The fourth-order valence-electron chi connectivity index (χ4n) is 4.16. The first-order valence-corrected chi connectivity index (χ1v) is 13.4. The Morgan fingerprint density at radius 2 is 2.14 bits per heavy atom. The average molecular weight is 517 g/mol. The van der Waals surface area contributed by atoms with Gasteiger partial charge in [-0.25, -0.2) is 19.0 Å². The van der Waals surface area contributed by atoms with Crippen LogP contribution in [0.2, 0.25) is 0 Å². The number of anilines is 1. The third kappa shape index (κ3) is 5.30. The number of hydrogen-bond donors (Lipinski definition) is 2. The minimum absolute atomic E-state index is 0.0442. The van der Waals surface area contributed by atoms with Crippen LogP contribution in [0.4, 0.5) is 10.3 Å². The fraction of sp³-hybridized carbons (Fsp3) is 0.762. The molecule has 4 heterocycles. The summed E-state index contributed by atoms with van der Waals surface area (Å²) in [6, 6.07) is -0.283.